The van der Waals surface area contributed by atoms with Gasteiger partial charge < -0.3 is 10.2 Å². The molecular weight excluding hydrogens is 338 g/mol. The van der Waals surface area contributed by atoms with E-state index in [0.29, 0.717) is 17.9 Å². The van der Waals surface area contributed by atoms with Crippen LogP contribution in [0.25, 0.3) is 0 Å². The van der Waals surface area contributed by atoms with Gasteiger partial charge >= 0.3 is 6.03 Å². The lowest BCUT2D eigenvalue weighted by atomic mass is 10.1. The van der Waals surface area contributed by atoms with E-state index in [4.69, 9.17) is 11.6 Å². The first kappa shape index (κ1) is 15.6. The van der Waals surface area contributed by atoms with Crippen molar-refractivity contribution in [3.05, 3.63) is 53.1 Å². The summed E-state index contributed by atoms with van der Waals surface area (Å²) >= 11 is 5.95. The molecule has 1 heterocycles. The highest BCUT2D eigenvalue weighted by Gasteiger charge is 2.21. The fourth-order valence-corrected chi connectivity index (χ4v) is 3.89. The molecule has 1 aliphatic heterocycles. The molecule has 2 N–H and O–H groups in total. The number of rotatable bonds is 3. The molecule has 2 aromatic rings. The second kappa shape index (κ2) is 5.75. The predicted octanol–water partition coefficient (Wildman–Crippen LogP) is 3.12. The Hall–Kier alpha value is -2.25. The molecule has 0 saturated heterocycles. The van der Waals surface area contributed by atoms with Crippen LogP contribution < -0.4 is 10.0 Å². The smallest absolute Gasteiger partial charge is 0.321 e. The Morgan fingerprint density at radius 1 is 1.22 bits per heavy atom. The molecule has 0 saturated carbocycles. The standard InChI is InChI=1S/C15H14ClN3O3S/c1-19-9-10-8-11(6-7-13(10)17-15(19)20)18-23(21,22)14-5-3-2-4-12(14)16/h2-8,18H,9H2,1H3,(H,17,20). The maximum absolute atomic E-state index is 12.4. The lowest BCUT2D eigenvalue weighted by Gasteiger charge is -2.26. The van der Waals surface area contributed by atoms with Crippen LogP contribution in [0.15, 0.2) is 47.4 Å². The number of halogens is 1. The second-order valence-corrected chi connectivity index (χ2v) is 7.25. The van der Waals surface area contributed by atoms with Crippen LogP contribution >= 0.6 is 11.6 Å². The number of anilines is 2. The Morgan fingerprint density at radius 2 is 1.96 bits per heavy atom. The molecule has 0 unspecified atom stereocenters. The number of carbonyl (C=O) groups excluding carboxylic acids is 1. The number of fused-ring (bicyclic) bond motifs is 1. The number of hydrogen-bond donors (Lipinski definition) is 2. The Balaban J connectivity index is 1.91. The van der Waals surface area contributed by atoms with E-state index in [1.54, 1.807) is 37.4 Å². The van der Waals surface area contributed by atoms with Gasteiger partial charge in [0.25, 0.3) is 10.0 Å². The Bertz CT molecular complexity index is 883. The molecule has 2 aromatic carbocycles. The fourth-order valence-electron chi connectivity index (χ4n) is 2.32. The van der Waals surface area contributed by atoms with Crippen molar-refractivity contribution in [2.45, 2.75) is 11.4 Å². The molecular formula is C15H14ClN3O3S. The maximum atomic E-state index is 12.4. The quantitative estimate of drug-likeness (QED) is 0.891. The van der Waals surface area contributed by atoms with E-state index in [-0.39, 0.29) is 15.9 Å². The van der Waals surface area contributed by atoms with Crippen molar-refractivity contribution >= 4 is 39.0 Å². The van der Waals surface area contributed by atoms with Crippen molar-refractivity contribution in [2.75, 3.05) is 17.1 Å². The SMILES string of the molecule is CN1Cc2cc(NS(=O)(=O)c3ccccc3Cl)ccc2NC1=O. The van der Waals surface area contributed by atoms with Gasteiger partial charge in [0.05, 0.1) is 5.02 Å². The first-order valence-corrected chi connectivity index (χ1v) is 8.65. The van der Waals surface area contributed by atoms with Gasteiger partial charge in [-0.1, -0.05) is 23.7 Å². The minimum atomic E-state index is -3.78. The van der Waals surface area contributed by atoms with Crippen molar-refractivity contribution in [3.8, 4) is 0 Å². The van der Waals surface area contributed by atoms with Crippen LogP contribution in [0.4, 0.5) is 16.2 Å². The molecule has 1 aliphatic rings. The average molecular weight is 352 g/mol. The van der Waals surface area contributed by atoms with Crippen LogP contribution in [0.3, 0.4) is 0 Å². The Labute approximate surface area is 139 Å². The third kappa shape index (κ3) is 3.11. The summed E-state index contributed by atoms with van der Waals surface area (Å²) < 4.78 is 27.4. The molecule has 23 heavy (non-hydrogen) atoms. The monoisotopic (exact) mass is 351 g/mol. The molecule has 2 amide bonds. The molecule has 0 aromatic heterocycles. The first-order chi connectivity index (χ1) is 10.9. The number of hydrogen-bond acceptors (Lipinski definition) is 3. The van der Waals surface area contributed by atoms with E-state index in [1.807, 2.05) is 0 Å². The summed E-state index contributed by atoms with van der Waals surface area (Å²) in [6.07, 6.45) is 0. The highest BCUT2D eigenvalue weighted by atomic mass is 35.5. The summed E-state index contributed by atoms with van der Waals surface area (Å²) in [5, 5.41) is 2.89. The number of nitrogens with one attached hydrogen (secondary N) is 2. The molecule has 0 radical (unpaired) electrons. The van der Waals surface area contributed by atoms with E-state index in [1.165, 1.54) is 17.0 Å². The van der Waals surface area contributed by atoms with E-state index in [2.05, 4.69) is 10.0 Å². The molecule has 0 atom stereocenters. The van der Waals surface area contributed by atoms with Crippen molar-refractivity contribution in [2.24, 2.45) is 0 Å². The van der Waals surface area contributed by atoms with Crippen molar-refractivity contribution in [1.29, 1.82) is 0 Å². The van der Waals surface area contributed by atoms with Crippen LogP contribution in [0, 0.1) is 0 Å². The molecule has 0 aliphatic carbocycles. The number of carbonyl (C=O) groups is 1. The number of nitrogens with zero attached hydrogens (tertiary/aromatic N) is 1. The second-order valence-electron chi connectivity index (χ2n) is 5.19. The lowest BCUT2D eigenvalue weighted by molar-refractivity contribution is 0.218. The molecule has 8 heteroatoms. The molecule has 120 valence electrons. The van der Waals surface area contributed by atoms with Crippen molar-refractivity contribution in [1.82, 2.24) is 4.90 Å². The average Bonchev–Trinajstić information content (AvgIpc) is 2.48. The van der Waals surface area contributed by atoms with Gasteiger partial charge in [-0.2, -0.15) is 0 Å². The van der Waals surface area contributed by atoms with E-state index < -0.39 is 10.0 Å². The fraction of sp³-hybridized carbons (Fsp3) is 0.133. The summed E-state index contributed by atoms with van der Waals surface area (Å²) in [5.74, 6) is 0. The summed E-state index contributed by atoms with van der Waals surface area (Å²) in [5.41, 5.74) is 1.91. The normalized spacial score (nSPS) is 14.2. The largest absolute Gasteiger partial charge is 0.323 e. The predicted molar refractivity (Wildman–Crippen MR) is 89.2 cm³/mol. The van der Waals surface area contributed by atoms with Crippen molar-refractivity contribution in [3.63, 3.8) is 0 Å². The molecule has 0 spiro atoms. The summed E-state index contributed by atoms with van der Waals surface area (Å²) in [6, 6.07) is 11.0. The zero-order valence-electron chi connectivity index (χ0n) is 12.2. The number of amides is 2. The first-order valence-electron chi connectivity index (χ1n) is 6.79. The molecule has 3 rings (SSSR count). The van der Waals surface area contributed by atoms with Gasteiger partial charge in [-0.05, 0) is 35.9 Å². The van der Waals surface area contributed by atoms with Gasteiger partial charge in [-0.3, -0.25) is 4.72 Å². The lowest BCUT2D eigenvalue weighted by Crippen LogP contribution is -2.35. The van der Waals surface area contributed by atoms with Crippen LogP contribution in [-0.4, -0.2) is 26.4 Å². The number of urea groups is 1. The zero-order chi connectivity index (χ0) is 16.6. The number of sulfonamides is 1. The van der Waals surface area contributed by atoms with Crippen molar-refractivity contribution < 1.29 is 13.2 Å². The van der Waals surface area contributed by atoms with Gasteiger partial charge in [0.15, 0.2) is 0 Å². The van der Waals surface area contributed by atoms with Crippen LogP contribution in [0.1, 0.15) is 5.56 Å². The van der Waals surface area contributed by atoms with Gasteiger partial charge in [-0.25, -0.2) is 13.2 Å². The van der Waals surface area contributed by atoms with E-state index in [9.17, 15) is 13.2 Å². The van der Waals surface area contributed by atoms with Gasteiger partial charge in [0, 0.05) is 25.0 Å². The van der Waals surface area contributed by atoms with Crippen LogP contribution in [0.5, 0.6) is 0 Å². The molecule has 0 bridgehead atoms. The van der Waals surface area contributed by atoms with E-state index >= 15 is 0 Å². The summed E-state index contributed by atoms with van der Waals surface area (Å²) in [7, 11) is -2.11. The maximum Gasteiger partial charge on any atom is 0.321 e. The summed E-state index contributed by atoms with van der Waals surface area (Å²) in [4.78, 5) is 13.1. The Kier molecular flexibility index (Phi) is 3.91. The Morgan fingerprint density at radius 3 is 2.70 bits per heavy atom. The topological polar surface area (TPSA) is 78.5 Å². The third-order valence-electron chi connectivity index (χ3n) is 3.48. The molecule has 0 fully saturated rings. The summed E-state index contributed by atoms with van der Waals surface area (Å²) in [6.45, 7) is 0.406. The van der Waals surface area contributed by atoms with Crippen LogP contribution in [0.2, 0.25) is 5.02 Å². The highest BCUT2D eigenvalue weighted by Crippen LogP contribution is 2.28. The number of benzene rings is 2. The van der Waals surface area contributed by atoms with Gasteiger partial charge in [0.1, 0.15) is 4.90 Å². The third-order valence-corrected chi connectivity index (χ3v) is 5.36. The highest BCUT2D eigenvalue weighted by molar-refractivity contribution is 7.92. The van der Waals surface area contributed by atoms with Gasteiger partial charge in [0.2, 0.25) is 0 Å². The molecule has 6 nitrogen and oxygen atoms in total. The van der Waals surface area contributed by atoms with E-state index in [0.717, 1.165) is 5.56 Å². The minimum Gasteiger partial charge on any atom is -0.323 e. The van der Waals surface area contributed by atoms with Crippen LogP contribution in [-0.2, 0) is 16.6 Å². The minimum absolute atomic E-state index is 0.0183. The zero-order valence-corrected chi connectivity index (χ0v) is 13.8. The van der Waals surface area contributed by atoms with Gasteiger partial charge in [-0.15, -0.1) is 0 Å².